The molecule has 0 spiro atoms. The minimum Gasteiger partial charge on any atom is -0.474 e. The molecule has 0 bridgehead atoms. The number of aliphatic imine (C=N–C) groups is 2. The molecule has 0 radical (unpaired) electrons. The number of urea groups is 2. The number of nitro benzene ring substituents is 2. The van der Waals surface area contributed by atoms with Gasteiger partial charge in [0.25, 0.3) is 11.4 Å². The molecular weight excluding hydrogens is 626 g/mol. The number of benzene rings is 2. The zero-order valence-corrected chi connectivity index (χ0v) is 25.7. The molecule has 0 aliphatic carbocycles. The molecule has 0 saturated carbocycles. The Hall–Kier alpha value is -6.13. The number of carbonyl (C=O) groups is 2. The maximum Gasteiger partial charge on any atom is 0.319 e. The summed E-state index contributed by atoms with van der Waals surface area (Å²) in [6, 6.07) is 15.6. The minimum atomic E-state index is -0.504. The number of aromatic nitrogens is 1. The van der Waals surface area contributed by atoms with Crippen LogP contribution in [0.4, 0.5) is 32.3 Å². The second kappa shape index (κ2) is 15.9. The molecule has 5 rings (SSSR count). The van der Waals surface area contributed by atoms with Gasteiger partial charge in [0.2, 0.25) is 11.8 Å². The molecule has 250 valence electrons. The van der Waals surface area contributed by atoms with Crippen molar-refractivity contribution in [1.82, 2.24) is 15.6 Å². The Morgan fingerprint density at radius 2 is 1.10 bits per heavy atom. The van der Waals surface area contributed by atoms with Crippen LogP contribution in [0, 0.1) is 20.2 Å². The lowest BCUT2D eigenvalue weighted by atomic mass is 10.2. The molecule has 1 aromatic heterocycles. The first kappa shape index (κ1) is 33.2. The van der Waals surface area contributed by atoms with Crippen molar-refractivity contribution < 1.29 is 28.9 Å². The summed E-state index contributed by atoms with van der Waals surface area (Å²) < 4.78 is 11.6. The van der Waals surface area contributed by atoms with Crippen LogP contribution in [0.5, 0.6) is 0 Å². The summed E-state index contributed by atoms with van der Waals surface area (Å²) >= 11 is 0. The van der Waals surface area contributed by atoms with Crippen molar-refractivity contribution in [3.05, 3.63) is 98.3 Å². The first-order valence-corrected chi connectivity index (χ1v) is 15.2. The van der Waals surface area contributed by atoms with Crippen molar-refractivity contribution in [2.75, 3.05) is 36.9 Å². The number of carbonyl (C=O) groups excluding carboxylic acids is 2. The molecule has 3 aromatic rings. The third kappa shape index (κ3) is 9.44. The summed E-state index contributed by atoms with van der Waals surface area (Å²) in [5, 5.41) is 32.3. The van der Waals surface area contributed by atoms with Crippen LogP contribution in [0.15, 0.2) is 76.7 Å². The van der Waals surface area contributed by atoms with E-state index in [1.807, 2.05) is 6.07 Å². The normalized spacial score (nSPS) is 16.5. The predicted molar refractivity (Wildman–Crippen MR) is 175 cm³/mol. The second-order valence-corrected chi connectivity index (χ2v) is 10.9. The quantitative estimate of drug-likeness (QED) is 0.109. The molecule has 0 saturated heterocycles. The van der Waals surface area contributed by atoms with E-state index < -0.39 is 21.9 Å². The van der Waals surface area contributed by atoms with Gasteiger partial charge < -0.3 is 30.7 Å². The molecule has 17 heteroatoms. The van der Waals surface area contributed by atoms with E-state index in [0.717, 1.165) is 0 Å². The van der Waals surface area contributed by atoms with Crippen LogP contribution < -0.4 is 21.3 Å². The van der Waals surface area contributed by atoms with Crippen LogP contribution in [0.25, 0.3) is 0 Å². The molecule has 3 heterocycles. The maximum absolute atomic E-state index is 12.1. The number of anilines is 2. The number of ether oxygens (including phenoxy) is 2. The second-order valence-electron chi connectivity index (χ2n) is 10.9. The van der Waals surface area contributed by atoms with E-state index >= 15 is 0 Å². The Labute approximate surface area is 274 Å². The largest absolute Gasteiger partial charge is 0.474 e. The molecule has 4 amide bonds. The third-order valence-corrected chi connectivity index (χ3v) is 7.28. The summed E-state index contributed by atoms with van der Waals surface area (Å²) in [5.74, 6) is 0.859. The van der Waals surface area contributed by atoms with E-state index in [2.05, 4.69) is 36.2 Å². The van der Waals surface area contributed by atoms with E-state index in [4.69, 9.17) is 9.47 Å². The van der Waals surface area contributed by atoms with E-state index in [9.17, 15) is 29.8 Å². The van der Waals surface area contributed by atoms with E-state index in [1.54, 1.807) is 12.1 Å². The summed E-state index contributed by atoms with van der Waals surface area (Å²) in [7, 11) is 0. The average molecular weight is 660 g/mol. The number of pyridine rings is 1. The first-order chi connectivity index (χ1) is 23.2. The van der Waals surface area contributed by atoms with Gasteiger partial charge in [0, 0.05) is 48.7 Å². The van der Waals surface area contributed by atoms with Gasteiger partial charge in [-0.3, -0.25) is 20.2 Å². The lowest BCUT2D eigenvalue weighted by Gasteiger charge is -2.08. The summed E-state index contributed by atoms with van der Waals surface area (Å²) in [5.41, 5.74) is 1.93. The molecule has 2 aliphatic heterocycles. The van der Waals surface area contributed by atoms with Crippen LogP contribution in [-0.4, -0.2) is 77.1 Å². The maximum atomic E-state index is 12.1. The number of rotatable bonds is 14. The Balaban J connectivity index is 1.01. The molecule has 2 aliphatic rings. The predicted octanol–water partition coefficient (Wildman–Crippen LogP) is 4.39. The molecule has 17 nitrogen and oxygen atoms in total. The first-order valence-electron chi connectivity index (χ1n) is 15.2. The molecule has 4 N–H and O–H groups in total. The highest BCUT2D eigenvalue weighted by Crippen LogP contribution is 2.19. The highest BCUT2D eigenvalue weighted by atomic mass is 16.6. The van der Waals surface area contributed by atoms with Gasteiger partial charge in [0.05, 0.1) is 21.9 Å². The zero-order chi connectivity index (χ0) is 33.9. The van der Waals surface area contributed by atoms with Crippen molar-refractivity contribution in [1.29, 1.82) is 0 Å². The van der Waals surface area contributed by atoms with Crippen LogP contribution in [0.3, 0.4) is 0 Å². The molecule has 2 aromatic carbocycles. The van der Waals surface area contributed by atoms with Crippen molar-refractivity contribution >= 4 is 46.6 Å². The molecular formula is C31H33N9O8. The van der Waals surface area contributed by atoms with Gasteiger partial charge in [0.1, 0.15) is 24.6 Å². The van der Waals surface area contributed by atoms with Gasteiger partial charge in [-0.2, -0.15) is 0 Å². The molecule has 0 unspecified atom stereocenters. The standard InChI is InChI=1S/C31H33N9O8/c41-30(36-20-8-12-24(13-9-20)39(43)44)32-16-2-4-22-18-47-28(34-22)26-6-1-7-27(38-26)29-35-23(19-48-29)5-3-17-33-31(42)37-21-10-14-25(15-11-21)40(45)46/h1,6-15,22-23H,2-5,16-19H2,(H2,32,36,41)(H2,33,37,42)/t22-,23-/m0/s1. The Morgan fingerprint density at radius 3 is 1.50 bits per heavy atom. The molecule has 2 atom stereocenters. The van der Waals surface area contributed by atoms with Crippen molar-refractivity contribution in [3.8, 4) is 0 Å². The van der Waals surface area contributed by atoms with Crippen LogP contribution >= 0.6 is 0 Å². The lowest BCUT2D eigenvalue weighted by molar-refractivity contribution is -0.385. The van der Waals surface area contributed by atoms with Crippen LogP contribution in [-0.2, 0) is 9.47 Å². The van der Waals surface area contributed by atoms with Crippen LogP contribution in [0.2, 0.25) is 0 Å². The number of nitrogens with zero attached hydrogens (tertiary/aromatic N) is 5. The van der Waals surface area contributed by atoms with Gasteiger partial charge >= 0.3 is 12.1 Å². The van der Waals surface area contributed by atoms with Gasteiger partial charge in [0.15, 0.2) is 0 Å². The van der Waals surface area contributed by atoms with E-state index in [0.29, 0.717) is 86.5 Å². The molecule has 0 fully saturated rings. The topological polar surface area (TPSA) is 225 Å². The fourth-order valence-electron chi connectivity index (χ4n) is 4.84. The average Bonchev–Trinajstić information content (AvgIpc) is 3.76. The summed E-state index contributed by atoms with van der Waals surface area (Å²) in [6.07, 6.45) is 2.70. The number of non-ortho nitro benzene ring substituents is 2. The molecule has 48 heavy (non-hydrogen) atoms. The fraction of sp³-hybridized carbons (Fsp3) is 0.323. The van der Waals surface area contributed by atoms with Crippen molar-refractivity contribution in [3.63, 3.8) is 0 Å². The third-order valence-electron chi connectivity index (χ3n) is 7.28. The number of nitrogens with one attached hydrogen (secondary N) is 4. The van der Waals surface area contributed by atoms with Crippen molar-refractivity contribution in [2.45, 2.75) is 37.8 Å². The number of amides is 4. The van der Waals surface area contributed by atoms with Gasteiger partial charge in [-0.25, -0.2) is 24.6 Å². The lowest BCUT2D eigenvalue weighted by Crippen LogP contribution is -2.30. The smallest absolute Gasteiger partial charge is 0.319 e. The zero-order valence-electron chi connectivity index (χ0n) is 25.7. The highest BCUT2D eigenvalue weighted by Gasteiger charge is 2.24. The minimum absolute atomic E-state index is 0.0534. The Bertz CT molecular complexity index is 1580. The van der Waals surface area contributed by atoms with Gasteiger partial charge in [-0.1, -0.05) is 6.07 Å². The number of hydrogen-bond acceptors (Lipinski definition) is 11. The summed E-state index contributed by atoms with van der Waals surface area (Å²) in [4.78, 5) is 58.7. The Morgan fingerprint density at radius 1 is 0.688 bits per heavy atom. The van der Waals surface area contributed by atoms with E-state index in [-0.39, 0.29) is 23.5 Å². The van der Waals surface area contributed by atoms with Crippen molar-refractivity contribution in [2.24, 2.45) is 9.98 Å². The van der Waals surface area contributed by atoms with Crippen LogP contribution in [0.1, 0.15) is 37.1 Å². The van der Waals surface area contributed by atoms with Gasteiger partial charge in [-0.15, -0.1) is 0 Å². The van der Waals surface area contributed by atoms with Gasteiger partial charge in [-0.05, 0) is 62.1 Å². The number of nitro groups is 2. The Kier molecular flexibility index (Phi) is 11.0. The number of hydrogen-bond donors (Lipinski definition) is 4. The summed E-state index contributed by atoms with van der Waals surface area (Å²) in [6.45, 7) is 1.63. The highest BCUT2D eigenvalue weighted by molar-refractivity contribution is 5.97. The fourth-order valence-corrected chi connectivity index (χ4v) is 4.84. The van der Waals surface area contributed by atoms with E-state index in [1.165, 1.54) is 48.5 Å². The monoisotopic (exact) mass is 659 g/mol. The SMILES string of the molecule is O=C(NCCC[C@H]1COC(c2cccc(C3=N[C@@H](CCCNC(=O)Nc4ccc([N+](=O)[O-])cc4)CO3)n2)=N1)Nc1ccc([N+](=O)[O-])cc1.